The van der Waals surface area contributed by atoms with Crippen molar-refractivity contribution in [3.8, 4) is 0 Å². The molecule has 0 aromatic carbocycles. The first-order valence-corrected chi connectivity index (χ1v) is 6.63. The van der Waals surface area contributed by atoms with Crippen molar-refractivity contribution in [3.05, 3.63) is 18.0 Å². The number of nitrogens with zero attached hydrogens (tertiary/aromatic N) is 3. The number of hydrogen-bond donors (Lipinski definition) is 1. The van der Waals surface area contributed by atoms with Crippen molar-refractivity contribution in [3.63, 3.8) is 0 Å². The van der Waals surface area contributed by atoms with Gasteiger partial charge in [0.2, 0.25) is 5.91 Å². The van der Waals surface area contributed by atoms with Crippen LogP contribution in [-0.4, -0.2) is 46.1 Å². The fraction of sp³-hybridized carbons (Fsp3) is 0.615. The van der Waals surface area contributed by atoms with E-state index in [1.807, 2.05) is 4.90 Å². The van der Waals surface area contributed by atoms with Gasteiger partial charge in [-0.25, -0.2) is 0 Å². The molecule has 0 unspecified atom stereocenters. The van der Waals surface area contributed by atoms with E-state index in [1.54, 1.807) is 24.1 Å². The zero-order chi connectivity index (χ0) is 13.5. The van der Waals surface area contributed by atoms with Crippen molar-refractivity contribution in [1.29, 1.82) is 0 Å². The van der Waals surface area contributed by atoms with Crippen LogP contribution >= 0.6 is 0 Å². The summed E-state index contributed by atoms with van der Waals surface area (Å²) in [6.45, 7) is 2.21. The number of aromatic nitrogens is 2. The molecule has 102 valence electrons. The third-order valence-corrected chi connectivity index (χ3v) is 4.26. The highest BCUT2D eigenvalue weighted by molar-refractivity contribution is 5.93. The lowest BCUT2D eigenvalue weighted by atomic mass is 9.77. The minimum atomic E-state index is 0.0419. The third-order valence-electron chi connectivity index (χ3n) is 4.26. The molecule has 3 rings (SSSR count). The van der Waals surface area contributed by atoms with Gasteiger partial charge in [0.25, 0.3) is 5.91 Å². The molecule has 1 spiro atoms. The van der Waals surface area contributed by atoms with Crippen LogP contribution in [0.5, 0.6) is 0 Å². The maximum Gasteiger partial charge on any atom is 0.257 e. The molecule has 2 saturated heterocycles. The van der Waals surface area contributed by atoms with Gasteiger partial charge in [-0.1, -0.05) is 0 Å². The second-order valence-corrected chi connectivity index (χ2v) is 5.65. The maximum atomic E-state index is 12.3. The Hall–Kier alpha value is -1.85. The Morgan fingerprint density at radius 1 is 1.42 bits per heavy atom. The Kier molecular flexibility index (Phi) is 2.80. The fourth-order valence-electron chi connectivity index (χ4n) is 3.00. The Morgan fingerprint density at radius 3 is 2.68 bits per heavy atom. The first kappa shape index (κ1) is 12.2. The lowest BCUT2D eigenvalue weighted by Gasteiger charge is -2.38. The summed E-state index contributed by atoms with van der Waals surface area (Å²) in [6.07, 6.45) is 5.76. The quantitative estimate of drug-likeness (QED) is 0.784. The van der Waals surface area contributed by atoms with E-state index in [2.05, 4.69) is 10.4 Å². The molecule has 0 bridgehead atoms. The largest absolute Gasteiger partial charge is 0.356 e. The molecular weight excluding hydrogens is 244 g/mol. The standard InChI is InChI=1S/C13H18N4O2/c1-16-8-10(7-15-16)12(19)17-4-2-13(3-5-17)6-11(18)14-9-13/h7-8H,2-6,9H2,1H3,(H,14,18). The fourth-order valence-corrected chi connectivity index (χ4v) is 3.00. The normalized spacial score (nSPS) is 21.7. The van der Waals surface area contributed by atoms with Gasteiger partial charge in [-0.15, -0.1) is 0 Å². The van der Waals surface area contributed by atoms with Crippen molar-refractivity contribution < 1.29 is 9.59 Å². The van der Waals surface area contributed by atoms with E-state index in [0.29, 0.717) is 12.0 Å². The van der Waals surface area contributed by atoms with E-state index in [0.717, 1.165) is 32.5 Å². The Labute approximate surface area is 111 Å². The summed E-state index contributed by atoms with van der Waals surface area (Å²) in [6, 6.07) is 0. The van der Waals surface area contributed by atoms with Crippen molar-refractivity contribution >= 4 is 11.8 Å². The van der Waals surface area contributed by atoms with E-state index in [4.69, 9.17) is 0 Å². The first-order chi connectivity index (χ1) is 9.08. The number of nitrogens with one attached hydrogen (secondary N) is 1. The summed E-state index contributed by atoms with van der Waals surface area (Å²) in [5, 5.41) is 6.93. The van der Waals surface area contributed by atoms with Gasteiger partial charge < -0.3 is 10.2 Å². The molecule has 0 radical (unpaired) electrons. The summed E-state index contributed by atoms with van der Waals surface area (Å²) in [7, 11) is 1.80. The van der Waals surface area contributed by atoms with Gasteiger partial charge >= 0.3 is 0 Å². The van der Waals surface area contributed by atoms with Crippen molar-refractivity contribution in [2.24, 2.45) is 12.5 Å². The maximum absolute atomic E-state index is 12.3. The van der Waals surface area contributed by atoms with Crippen LogP contribution in [-0.2, 0) is 11.8 Å². The van der Waals surface area contributed by atoms with Crippen LogP contribution in [0.1, 0.15) is 29.6 Å². The molecule has 2 fully saturated rings. The van der Waals surface area contributed by atoms with E-state index < -0.39 is 0 Å². The number of rotatable bonds is 1. The number of carbonyl (C=O) groups is 2. The van der Waals surface area contributed by atoms with Crippen LogP contribution in [0.15, 0.2) is 12.4 Å². The van der Waals surface area contributed by atoms with Crippen LogP contribution in [0.25, 0.3) is 0 Å². The summed E-state index contributed by atoms with van der Waals surface area (Å²) in [5.41, 5.74) is 0.724. The van der Waals surface area contributed by atoms with Crippen molar-refractivity contribution in [1.82, 2.24) is 20.0 Å². The molecule has 19 heavy (non-hydrogen) atoms. The molecule has 1 aromatic rings. The average molecular weight is 262 g/mol. The number of aryl methyl sites for hydroxylation is 1. The highest BCUT2D eigenvalue weighted by Gasteiger charge is 2.41. The van der Waals surface area contributed by atoms with Crippen molar-refractivity contribution in [2.45, 2.75) is 19.3 Å². The number of piperidine rings is 1. The molecular formula is C13H18N4O2. The zero-order valence-electron chi connectivity index (χ0n) is 11.1. The summed E-state index contributed by atoms with van der Waals surface area (Å²) in [5.74, 6) is 0.187. The highest BCUT2D eigenvalue weighted by Crippen LogP contribution is 2.37. The predicted octanol–water partition coefficient (Wildman–Crippen LogP) is 0.162. The molecule has 1 aromatic heterocycles. The number of likely N-dealkylation sites (tertiary alicyclic amines) is 1. The van der Waals surface area contributed by atoms with E-state index in [9.17, 15) is 9.59 Å². The van der Waals surface area contributed by atoms with Crippen LogP contribution in [0, 0.1) is 5.41 Å². The lowest BCUT2D eigenvalue weighted by Crippen LogP contribution is -2.43. The Balaban J connectivity index is 1.64. The zero-order valence-corrected chi connectivity index (χ0v) is 11.1. The van der Waals surface area contributed by atoms with Crippen LogP contribution in [0.4, 0.5) is 0 Å². The minimum Gasteiger partial charge on any atom is -0.356 e. The molecule has 0 saturated carbocycles. The van der Waals surface area contributed by atoms with E-state index in [1.165, 1.54) is 0 Å². The van der Waals surface area contributed by atoms with Crippen LogP contribution in [0.2, 0.25) is 0 Å². The number of hydrogen-bond acceptors (Lipinski definition) is 3. The molecule has 2 aliphatic rings. The van der Waals surface area contributed by atoms with Gasteiger partial charge in [0, 0.05) is 39.3 Å². The van der Waals surface area contributed by atoms with Crippen molar-refractivity contribution in [2.75, 3.05) is 19.6 Å². The van der Waals surface area contributed by atoms with Gasteiger partial charge in [0.15, 0.2) is 0 Å². The Morgan fingerprint density at radius 2 is 2.16 bits per heavy atom. The summed E-state index contributed by atoms with van der Waals surface area (Å²) < 4.78 is 1.64. The Bertz CT molecular complexity index is 514. The molecule has 6 nitrogen and oxygen atoms in total. The first-order valence-electron chi connectivity index (χ1n) is 6.63. The third kappa shape index (κ3) is 2.22. The lowest BCUT2D eigenvalue weighted by molar-refractivity contribution is -0.119. The molecule has 0 aliphatic carbocycles. The highest BCUT2D eigenvalue weighted by atomic mass is 16.2. The molecule has 3 heterocycles. The molecule has 2 amide bonds. The number of carbonyl (C=O) groups excluding carboxylic acids is 2. The average Bonchev–Trinajstić information content (AvgIpc) is 2.97. The molecule has 0 atom stereocenters. The van der Waals surface area contributed by atoms with Gasteiger partial charge in [0.1, 0.15) is 0 Å². The molecule has 2 aliphatic heterocycles. The predicted molar refractivity (Wildman–Crippen MR) is 68.4 cm³/mol. The number of amides is 2. The smallest absolute Gasteiger partial charge is 0.257 e. The SMILES string of the molecule is Cn1cc(C(=O)N2CCC3(CC2)CNC(=O)C3)cn1. The minimum absolute atomic E-state index is 0.0419. The topological polar surface area (TPSA) is 67.2 Å². The van der Waals surface area contributed by atoms with Gasteiger partial charge in [-0.05, 0) is 18.3 Å². The molecule has 6 heteroatoms. The van der Waals surface area contributed by atoms with Gasteiger partial charge in [-0.3, -0.25) is 14.3 Å². The monoisotopic (exact) mass is 262 g/mol. The van der Waals surface area contributed by atoms with Crippen LogP contribution < -0.4 is 5.32 Å². The van der Waals surface area contributed by atoms with Gasteiger partial charge in [0.05, 0.1) is 11.8 Å². The van der Waals surface area contributed by atoms with E-state index >= 15 is 0 Å². The van der Waals surface area contributed by atoms with E-state index in [-0.39, 0.29) is 17.2 Å². The van der Waals surface area contributed by atoms with Gasteiger partial charge in [-0.2, -0.15) is 5.10 Å². The summed E-state index contributed by atoms with van der Waals surface area (Å²) in [4.78, 5) is 25.5. The molecule has 1 N–H and O–H groups in total. The second kappa shape index (κ2) is 4.36. The summed E-state index contributed by atoms with van der Waals surface area (Å²) >= 11 is 0. The second-order valence-electron chi connectivity index (χ2n) is 5.65. The van der Waals surface area contributed by atoms with Crippen LogP contribution in [0.3, 0.4) is 0 Å².